The molecule has 1 spiro atoms. The van der Waals surface area contributed by atoms with Gasteiger partial charge in [0.25, 0.3) is 0 Å². The quantitative estimate of drug-likeness (QED) is 0.490. The van der Waals surface area contributed by atoms with Crippen LogP contribution in [0.1, 0.15) is 49.8 Å². The van der Waals surface area contributed by atoms with Crippen LogP contribution >= 0.6 is 0 Å². The summed E-state index contributed by atoms with van der Waals surface area (Å²) in [6.45, 7) is 8.80. The minimum Gasteiger partial charge on any atom is -0.359 e. The van der Waals surface area contributed by atoms with Crippen molar-refractivity contribution in [2.75, 3.05) is 11.9 Å². The number of likely N-dealkylation sites (tertiary alicyclic amines) is 1. The molecule has 2 N–H and O–H groups in total. The van der Waals surface area contributed by atoms with Crippen LogP contribution in [0.3, 0.4) is 0 Å². The first-order valence-corrected chi connectivity index (χ1v) is 15.1. The van der Waals surface area contributed by atoms with Crippen molar-refractivity contribution in [3.8, 4) is 0 Å². The molecule has 3 heterocycles. The fourth-order valence-electron chi connectivity index (χ4n) is 7.72. The molecule has 4 aliphatic rings. The number of benzene rings is 2. The summed E-state index contributed by atoms with van der Waals surface area (Å²) in [7, 11) is 0. The second kappa shape index (κ2) is 10.8. The van der Waals surface area contributed by atoms with Gasteiger partial charge in [-0.1, -0.05) is 75.2 Å². The Balaban J connectivity index is 1.30. The number of nitrogens with zero attached hydrogens (tertiary/aromatic N) is 1. The van der Waals surface area contributed by atoms with Gasteiger partial charge in [0.2, 0.25) is 17.7 Å². The van der Waals surface area contributed by atoms with Crippen LogP contribution in [0.4, 0.5) is 5.69 Å². The largest absolute Gasteiger partial charge is 0.359 e. The average Bonchev–Trinajstić information content (AvgIpc) is 3.57. The number of ether oxygens (including phenoxy) is 1. The summed E-state index contributed by atoms with van der Waals surface area (Å²) in [5, 5.41) is 6.38. The van der Waals surface area contributed by atoms with Gasteiger partial charge in [0.15, 0.2) is 0 Å². The molecule has 2 aromatic rings. The summed E-state index contributed by atoms with van der Waals surface area (Å²) in [5.41, 5.74) is 2.74. The van der Waals surface area contributed by atoms with Gasteiger partial charge in [0.05, 0.1) is 17.9 Å². The number of carbonyl (C=O) groups excluding carboxylic acids is 3. The number of aryl methyl sites for hydroxylation is 2. The van der Waals surface area contributed by atoms with Crippen LogP contribution in [-0.2, 0) is 25.5 Å². The first-order valence-electron chi connectivity index (χ1n) is 15.1. The van der Waals surface area contributed by atoms with E-state index in [0.29, 0.717) is 30.5 Å². The molecular weight excluding hydrogens is 514 g/mol. The van der Waals surface area contributed by atoms with Gasteiger partial charge in [0.1, 0.15) is 11.6 Å². The number of hydrogen-bond acceptors (Lipinski definition) is 4. The maximum atomic E-state index is 14.2. The molecule has 2 aromatic carbocycles. The third-order valence-corrected chi connectivity index (χ3v) is 9.93. The van der Waals surface area contributed by atoms with Crippen LogP contribution < -0.4 is 10.6 Å². The minimum atomic E-state index is -1.16. The summed E-state index contributed by atoms with van der Waals surface area (Å²) in [4.78, 5) is 43.9. The zero-order chi connectivity index (χ0) is 28.9. The highest BCUT2D eigenvalue weighted by atomic mass is 16.5. The van der Waals surface area contributed by atoms with Gasteiger partial charge in [-0.15, -0.1) is 0 Å². The van der Waals surface area contributed by atoms with Crippen molar-refractivity contribution in [2.24, 2.45) is 23.7 Å². The monoisotopic (exact) mass is 555 g/mol. The zero-order valence-electron chi connectivity index (χ0n) is 24.4. The summed E-state index contributed by atoms with van der Waals surface area (Å²) >= 11 is 0. The Hall–Kier alpha value is -3.45. The first kappa shape index (κ1) is 27.7. The Bertz CT molecular complexity index is 1350. The van der Waals surface area contributed by atoms with Crippen LogP contribution in [0.2, 0.25) is 0 Å². The van der Waals surface area contributed by atoms with Crippen molar-refractivity contribution >= 4 is 23.4 Å². The van der Waals surface area contributed by atoms with Crippen molar-refractivity contribution in [3.63, 3.8) is 0 Å². The van der Waals surface area contributed by atoms with Crippen LogP contribution in [0, 0.1) is 37.5 Å². The summed E-state index contributed by atoms with van der Waals surface area (Å²) in [5.74, 6) is -1.20. The lowest BCUT2D eigenvalue weighted by Crippen LogP contribution is -2.58. The number of amides is 3. The zero-order valence-corrected chi connectivity index (χ0v) is 24.4. The first-order chi connectivity index (χ1) is 19.7. The average molecular weight is 556 g/mol. The van der Waals surface area contributed by atoms with E-state index >= 15 is 0 Å². The van der Waals surface area contributed by atoms with Crippen molar-refractivity contribution in [1.82, 2.24) is 10.2 Å². The number of fused-ring (bicyclic) bond motifs is 1. The normalized spacial score (nSPS) is 33.6. The number of rotatable bonds is 7. The lowest BCUT2D eigenvalue weighted by Gasteiger charge is -2.38. The predicted molar refractivity (Wildman–Crippen MR) is 158 cm³/mol. The molecule has 3 aliphatic heterocycles. The molecule has 6 rings (SSSR count). The molecule has 3 fully saturated rings. The van der Waals surface area contributed by atoms with Gasteiger partial charge in [-0.25, -0.2) is 0 Å². The van der Waals surface area contributed by atoms with Crippen molar-refractivity contribution in [3.05, 3.63) is 77.4 Å². The Labute approximate surface area is 242 Å². The Morgan fingerprint density at radius 1 is 1.02 bits per heavy atom. The summed E-state index contributed by atoms with van der Waals surface area (Å²) in [6, 6.07) is 15.1. The van der Waals surface area contributed by atoms with Crippen LogP contribution in [-0.4, -0.2) is 53.0 Å². The predicted octanol–water partition coefficient (Wildman–Crippen LogP) is 4.58. The Morgan fingerprint density at radius 2 is 1.76 bits per heavy atom. The minimum absolute atomic E-state index is 0.0546. The van der Waals surface area contributed by atoms with Crippen molar-refractivity contribution in [2.45, 2.75) is 77.2 Å². The fourth-order valence-corrected chi connectivity index (χ4v) is 7.72. The maximum Gasteiger partial charge on any atom is 0.246 e. The van der Waals surface area contributed by atoms with Gasteiger partial charge in [0, 0.05) is 18.3 Å². The summed E-state index contributed by atoms with van der Waals surface area (Å²) < 4.78 is 6.53. The van der Waals surface area contributed by atoms with Crippen molar-refractivity contribution < 1.29 is 19.1 Å². The molecule has 0 unspecified atom stereocenters. The topological polar surface area (TPSA) is 87.7 Å². The molecule has 2 saturated heterocycles. The van der Waals surface area contributed by atoms with Gasteiger partial charge >= 0.3 is 0 Å². The molecule has 8 atom stereocenters. The molecule has 0 aromatic heterocycles. The third-order valence-electron chi connectivity index (χ3n) is 9.93. The molecule has 41 heavy (non-hydrogen) atoms. The second-order valence-corrected chi connectivity index (χ2v) is 12.7. The smallest absolute Gasteiger partial charge is 0.246 e. The highest BCUT2D eigenvalue weighted by molar-refractivity contribution is 6.02. The standard InChI is InChI=1S/C34H41N3O4/c1-20-17-21(2)19-25(18-20)35-31(38)28-27-13-15-34(41-27)29(28)33(40)37(16-14-24-10-6-5-7-11-24)30(34)32(39)36-26-12-8-9-22(3)23(26)4/h5-7,10-11,13,15,17-19,22-23,26-30H,8-9,12,14,16H2,1-4H3,(H,35,38)(H,36,39)/t22-,23-,26+,27-,28+,29-,30-,34-/m0/s1. The van der Waals surface area contributed by atoms with Gasteiger partial charge in [-0.3, -0.25) is 14.4 Å². The van der Waals surface area contributed by atoms with E-state index in [-0.39, 0.29) is 23.8 Å². The van der Waals surface area contributed by atoms with Gasteiger partial charge < -0.3 is 20.3 Å². The van der Waals surface area contributed by atoms with E-state index in [0.717, 1.165) is 36.0 Å². The molecular formula is C34H41N3O4. The number of nitrogens with one attached hydrogen (secondary N) is 2. The molecule has 7 heteroatoms. The molecule has 2 bridgehead atoms. The second-order valence-electron chi connectivity index (χ2n) is 12.7. The molecule has 0 radical (unpaired) electrons. The Kier molecular flexibility index (Phi) is 7.26. The molecule has 216 valence electrons. The number of carbonyl (C=O) groups is 3. The van der Waals surface area contributed by atoms with E-state index in [1.54, 1.807) is 4.90 Å². The van der Waals surface area contributed by atoms with E-state index in [2.05, 4.69) is 30.5 Å². The highest BCUT2D eigenvalue weighted by Gasteiger charge is 2.72. The lowest BCUT2D eigenvalue weighted by atomic mass is 9.73. The van der Waals surface area contributed by atoms with Crippen molar-refractivity contribution in [1.29, 1.82) is 0 Å². The number of hydrogen-bond donors (Lipinski definition) is 2. The van der Waals surface area contributed by atoms with E-state index in [9.17, 15) is 14.4 Å². The molecule has 1 aliphatic carbocycles. The molecule has 3 amide bonds. The van der Waals surface area contributed by atoms with Gasteiger partial charge in [-0.05, 0) is 67.3 Å². The lowest BCUT2D eigenvalue weighted by molar-refractivity contribution is -0.141. The van der Waals surface area contributed by atoms with Crippen LogP contribution in [0.5, 0.6) is 0 Å². The van der Waals surface area contributed by atoms with E-state index < -0.39 is 29.6 Å². The SMILES string of the molecule is Cc1cc(C)cc(NC(=O)[C@@H]2[C@@H]3C=C[C@]4(O3)[C@@H]2C(=O)N(CCc2ccccc2)[C@H]4C(=O)N[C@@H]2CCC[C@H](C)[C@@H]2C)c1. The molecule has 7 nitrogen and oxygen atoms in total. The number of anilines is 1. The maximum absolute atomic E-state index is 14.2. The van der Waals surface area contributed by atoms with Crippen LogP contribution in [0.25, 0.3) is 0 Å². The molecule has 1 saturated carbocycles. The Morgan fingerprint density at radius 3 is 2.49 bits per heavy atom. The van der Waals surface area contributed by atoms with E-state index in [1.807, 2.05) is 68.5 Å². The van der Waals surface area contributed by atoms with E-state index in [1.165, 1.54) is 0 Å². The van der Waals surface area contributed by atoms with E-state index in [4.69, 9.17) is 4.74 Å². The third kappa shape index (κ3) is 4.88. The highest BCUT2D eigenvalue weighted by Crippen LogP contribution is 2.55. The van der Waals surface area contributed by atoms with Gasteiger partial charge in [-0.2, -0.15) is 0 Å². The van der Waals surface area contributed by atoms with Crippen LogP contribution in [0.15, 0.2) is 60.7 Å². The fraction of sp³-hybridized carbons (Fsp3) is 0.500. The summed E-state index contributed by atoms with van der Waals surface area (Å²) in [6.07, 6.45) is 7.00.